The second-order valence-corrected chi connectivity index (χ2v) is 16.5. The number of hydrogen-bond donors (Lipinski definition) is 0. The van der Waals surface area contributed by atoms with Crippen LogP contribution in [0.1, 0.15) is 0 Å². The molecule has 0 heterocycles. The highest BCUT2D eigenvalue weighted by atomic mass is 15.2. The fourth-order valence-corrected chi connectivity index (χ4v) is 9.39. The van der Waals surface area contributed by atoms with Crippen molar-refractivity contribution in [1.29, 1.82) is 0 Å². The standard InChI is InChI=1S/C62H47N3/c1-4-20-52(21-5-1)63(55-38-30-46(31-39-55)48-34-42-57(43-35-48)64(53-22-6-2-7-23-53)61-28-14-18-50-16-10-12-26-59(50)61)56-40-32-47(33-41-56)49-36-44-58(45-37-49)65(54-24-8-3-9-25-54)62-29-15-19-51-17-11-13-27-60(51)62/h1-45,50,59H. The maximum absolute atomic E-state index is 2.41. The Morgan fingerprint density at radius 1 is 0.277 bits per heavy atom. The summed E-state index contributed by atoms with van der Waals surface area (Å²) in [5.74, 6) is 0.639. The predicted octanol–water partition coefficient (Wildman–Crippen LogP) is 17.1. The van der Waals surface area contributed by atoms with Crippen molar-refractivity contribution in [1.82, 2.24) is 0 Å². The van der Waals surface area contributed by atoms with Crippen molar-refractivity contribution < 1.29 is 0 Å². The van der Waals surface area contributed by atoms with Gasteiger partial charge in [0.15, 0.2) is 0 Å². The highest BCUT2D eigenvalue weighted by Crippen LogP contribution is 2.43. The van der Waals surface area contributed by atoms with Crippen LogP contribution >= 0.6 is 0 Å². The Morgan fingerprint density at radius 2 is 0.662 bits per heavy atom. The molecule has 0 spiro atoms. The molecule has 2 atom stereocenters. The maximum atomic E-state index is 2.41. The summed E-state index contributed by atoms with van der Waals surface area (Å²) >= 11 is 0. The van der Waals surface area contributed by atoms with Gasteiger partial charge in [-0.1, -0.05) is 176 Å². The Labute approximate surface area is 382 Å². The molecule has 310 valence electrons. The first-order valence-corrected chi connectivity index (χ1v) is 22.4. The Bertz CT molecular complexity index is 3160. The zero-order chi connectivity index (χ0) is 43.4. The number of hydrogen-bond acceptors (Lipinski definition) is 3. The second-order valence-electron chi connectivity index (χ2n) is 16.5. The maximum Gasteiger partial charge on any atom is 0.0540 e. The Kier molecular flexibility index (Phi) is 10.8. The summed E-state index contributed by atoms with van der Waals surface area (Å²) < 4.78 is 0. The van der Waals surface area contributed by atoms with Gasteiger partial charge >= 0.3 is 0 Å². The first-order valence-electron chi connectivity index (χ1n) is 22.4. The molecule has 0 aromatic heterocycles. The summed E-state index contributed by atoms with van der Waals surface area (Å²) in [6.07, 6.45) is 15.7. The molecule has 2 aliphatic rings. The van der Waals surface area contributed by atoms with E-state index in [0.29, 0.717) is 5.92 Å². The summed E-state index contributed by atoms with van der Waals surface area (Å²) in [5, 5.41) is 2.44. The van der Waals surface area contributed by atoms with E-state index in [1.54, 1.807) is 0 Å². The lowest BCUT2D eigenvalue weighted by Crippen LogP contribution is -2.27. The van der Waals surface area contributed by atoms with E-state index in [9.17, 15) is 0 Å². The van der Waals surface area contributed by atoms with Gasteiger partial charge in [-0.3, -0.25) is 0 Å². The highest BCUT2D eigenvalue weighted by molar-refractivity contribution is 5.99. The van der Waals surface area contributed by atoms with Crippen LogP contribution in [0.15, 0.2) is 279 Å². The van der Waals surface area contributed by atoms with Gasteiger partial charge in [-0.25, -0.2) is 0 Å². The van der Waals surface area contributed by atoms with Crippen LogP contribution in [0.4, 0.5) is 45.5 Å². The molecule has 9 aromatic carbocycles. The molecule has 0 saturated heterocycles. The van der Waals surface area contributed by atoms with Crippen molar-refractivity contribution in [2.24, 2.45) is 11.8 Å². The van der Waals surface area contributed by atoms with Crippen molar-refractivity contribution in [3.8, 4) is 22.3 Å². The molecule has 0 radical (unpaired) electrons. The molecular weight excluding hydrogens is 787 g/mol. The van der Waals surface area contributed by atoms with Crippen LogP contribution < -0.4 is 14.7 Å². The minimum atomic E-state index is 0.284. The van der Waals surface area contributed by atoms with Gasteiger partial charge in [-0.2, -0.15) is 0 Å². The second kappa shape index (κ2) is 17.8. The fraction of sp³-hybridized carbons (Fsp3) is 0.0323. The molecule has 3 heteroatoms. The topological polar surface area (TPSA) is 9.72 Å². The van der Waals surface area contributed by atoms with Crippen LogP contribution in [0.5, 0.6) is 0 Å². The number of rotatable bonds is 11. The summed E-state index contributed by atoms with van der Waals surface area (Å²) in [6.45, 7) is 0. The van der Waals surface area contributed by atoms with Crippen LogP contribution in [-0.4, -0.2) is 0 Å². The quantitative estimate of drug-likeness (QED) is 0.129. The first-order chi connectivity index (χ1) is 32.2. The summed E-state index contributed by atoms with van der Waals surface area (Å²) in [5.41, 5.74) is 14.9. The van der Waals surface area contributed by atoms with Crippen LogP contribution in [0.25, 0.3) is 33.0 Å². The van der Waals surface area contributed by atoms with Gasteiger partial charge in [0.25, 0.3) is 0 Å². The third-order valence-corrected chi connectivity index (χ3v) is 12.6. The molecule has 2 aliphatic carbocycles. The highest BCUT2D eigenvalue weighted by Gasteiger charge is 2.28. The molecule has 0 fully saturated rings. The van der Waals surface area contributed by atoms with Crippen molar-refractivity contribution in [2.75, 3.05) is 14.7 Å². The van der Waals surface area contributed by atoms with E-state index in [0.717, 1.165) is 51.1 Å². The number of nitrogens with zero attached hydrogens (tertiary/aromatic N) is 3. The molecule has 3 nitrogen and oxygen atoms in total. The molecule has 0 N–H and O–H groups in total. The molecule has 2 unspecified atom stereocenters. The van der Waals surface area contributed by atoms with Gasteiger partial charge in [0.2, 0.25) is 0 Å². The van der Waals surface area contributed by atoms with Crippen molar-refractivity contribution >= 4 is 56.3 Å². The van der Waals surface area contributed by atoms with E-state index in [-0.39, 0.29) is 5.92 Å². The van der Waals surface area contributed by atoms with Crippen molar-refractivity contribution in [3.05, 3.63) is 279 Å². The smallest absolute Gasteiger partial charge is 0.0540 e. The van der Waals surface area contributed by atoms with E-state index in [4.69, 9.17) is 0 Å². The lowest BCUT2D eigenvalue weighted by Gasteiger charge is -2.36. The SMILES string of the molecule is C1=CC2C=CC=C(N(c3ccccc3)c3ccc(-c4ccc(N(c5ccccc5)c5ccc(-c6ccc(N(c7ccccc7)c7cccc8ccccc78)cc6)cc5)cc4)cc3)C2C=C1. The van der Waals surface area contributed by atoms with Crippen LogP contribution in [0.2, 0.25) is 0 Å². The van der Waals surface area contributed by atoms with Crippen molar-refractivity contribution in [2.45, 2.75) is 0 Å². The third-order valence-electron chi connectivity index (χ3n) is 12.6. The molecule has 9 aromatic rings. The molecular formula is C62H47N3. The average molecular weight is 834 g/mol. The number of anilines is 8. The molecule has 11 rings (SSSR count). The first kappa shape index (κ1) is 39.4. The van der Waals surface area contributed by atoms with Crippen LogP contribution in [0, 0.1) is 11.8 Å². The molecule has 0 amide bonds. The summed E-state index contributed by atoms with van der Waals surface area (Å²) in [7, 11) is 0. The molecule has 0 aliphatic heterocycles. The molecule has 0 saturated carbocycles. The van der Waals surface area contributed by atoms with E-state index in [2.05, 4.69) is 288 Å². The summed E-state index contributed by atoms with van der Waals surface area (Å²) in [6, 6.07) is 82.9. The normalized spacial score (nSPS) is 15.0. The van der Waals surface area contributed by atoms with Gasteiger partial charge in [0.1, 0.15) is 0 Å². The number of para-hydroxylation sites is 3. The number of allylic oxidation sites excluding steroid dienone is 7. The lowest BCUT2D eigenvalue weighted by molar-refractivity contribution is 0.612. The average Bonchev–Trinajstić information content (AvgIpc) is 3.39. The van der Waals surface area contributed by atoms with Crippen LogP contribution in [0.3, 0.4) is 0 Å². The minimum absolute atomic E-state index is 0.284. The Hall–Kier alpha value is -8.40. The monoisotopic (exact) mass is 833 g/mol. The zero-order valence-electron chi connectivity index (χ0n) is 36.0. The van der Waals surface area contributed by atoms with Gasteiger partial charge in [-0.15, -0.1) is 0 Å². The largest absolute Gasteiger partial charge is 0.314 e. The number of benzene rings is 9. The third kappa shape index (κ3) is 7.97. The number of fused-ring (bicyclic) bond motifs is 2. The lowest BCUT2D eigenvalue weighted by atomic mass is 9.82. The van der Waals surface area contributed by atoms with E-state index in [1.165, 1.54) is 33.2 Å². The molecule has 65 heavy (non-hydrogen) atoms. The minimum Gasteiger partial charge on any atom is -0.314 e. The van der Waals surface area contributed by atoms with Crippen LogP contribution in [-0.2, 0) is 0 Å². The fourth-order valence-electron chi connectivity index (χ4n) is 9.39. The Balaban J connectivity index is 0.861. The van der Waals surface area contributed by atoms with E-state index in [1.807, 2.05) is 0 Å². The predicted molar refractivity (Wildman–Crippen MR) is 275 cm³/mol. The van der Waals surface area contributed by atoms with E-state index >= 15 is 0 Å². The summed E-state index contributed by atoms with van der Waals surface area (Å²) in [4.78, 5) is 7.08. The Morgan fingerprint density at radius 3 is 1.20 bits per heavy atom. The van der Waals surface area contributed by atoms with Gasteiger partial charge in [0.05, 0.1) is 5.69 Å². The van der Waals surface area contributed by atoms with Crippen molar-refractivity contribution in [3.63, 3.8) is 0 Å². The van der Waals surface area contributed by atoms with E-state index < -0.39 is 0 Å². The van der Waals surface area contributed by atoms with Gasteiger partial charge < -0.3 is 14.7 Å². The zero-order valence-corrected chi connectivity index (χ0v) is 36.0. The van der Waals surface area contributed by atoms with Gasteiger partial charge in [0, 0.05) is 62.7 Å². The molecule has 0 bridgehead atoms. The van der Waals surface area contributed by atoms with Gasteiger partial charge in [-0.05, 0) is 125 Å².